The molecule has 5 nitrogen and oxygen atoms in total. The number of rotatable bonds is 6. The molecule has 120 valence electrons. The monoisotopic (exact) mass is 313 g/mol. The maximum absolute atomic E-state index is 11.8. The Bertz CT molecular complexity index is 680. The number of carbonyl (C=O) groups excluding carboxylic acids is 2. The fourth-order valence-corrected chi connectivity index (χ4v) is 1.97. The third-order valence-corrected chi connectivity index (χ3v) is 3.04. The Morgan fingerprint density at radius 3 is 2.48 bits per heavy atom. The van der Waals surface area contributed by atoms with E-state index in [9.17, 15) is 9.59 Å². The van der Waals surface area contributed by atoms with Crippen LogP contribution in [0.25, 0.3) is 0 Å². The van der Waals surface area contributed by atoms with Gasteiger partial charge in [0.05, 0.1) is 12.2 Å². The van der Waals surface area contributed by atoms with Crippen molar-refractivity contribution >= 4 is 17.6 Å². The van der Waals surface area contributed by atoms with E-state index in [4.69, 9.17) is 9.47 Å². The zero-order valence-corrected chi connectivity index (χ0v) is 13.2. The van der Waals surface area contributed by atoms with E-state index in [1.165, 1.54) is 0 Å². The summed E-state index contributed by atoms with van der Waals surface area (Å²) in [6, 6.07) is 14.0. The summed E-state index contributed by atoms with van der Waals surface area (Å²) in [5, 5.41) is 2.76. The average molecular weight is 313 g/mol. The second-order valence-corrected chi connectivity index (χ2v) is 4.95. The van der Waals surface area contributed by atoms with E-state index in [2.05, 4.69) is 5.32 Å². The standard InChI is InChI=1S/C18H19NO4/c1-3-22-18(21)14-7-9-16(10-8-14)23-12-17(20)19-15-6-4-5-13(2)11-15/h4-11H,3,12H2,1-2H3,(H,19,20). The topological polar surface area (TPSA) is 64.6 Å². The Labute approximate surface area is 135 Å². The Morgan fingerprint density at radius 2 is 1.83 bits per heavy atom. The van der Waals surface area contributed by atoms with Gasteiger partial charge in [0.15, 0.2) is 6.61 Å². The lowest BCUT2D eigenvalue weighted by Crippen LogP contribution is -2.20. The van der Waals surface area contributed by atoms with E-state index in [1.807, 2.05) is 31.2 Å². The van der Waals surface area contributed by atoms with Crippen LogP contribution < -0.4 is 10.1 Å². The van der Waals surface area contributed by atoms with Gasteiger partial charge in [0.2, 0.25) is 0 Å². The van der Waals surface area contributed by atoms with E-state index >= 15 is 0 Å². The zero-order valence-electron chi connectivity index (χ0n) is 13.2. The Kier molecular flexibility index (Phi) is 5.74. The molecule has 0 heterocycles. The lowest BCUT2D eigenvalue weighted by molar-refractivity contribution is -0.118. The number of hydrogen-bond donors (Lipinski definition) is 1. The number of ether oxygens (including phenoxy) is 2. The molecule has 2 rings (SSSR count). The van der Waals surface area contributed by atoms with E-state index in [0.29, 0.717) is 17.9 Å². The van der Waals surface area contributed by atoms with Crippen molar-refractivity contribution in [2.24, 2.45) is 0 Å². The van der Waals surface area contributed by atoms with Crippen molar-refractivity contribution in [1.29, 1.82) is 0 Å². The maximum Gasteiger partial charge on any atom is 0.338 e. The first-order valence-electron chi connectivity index (χ1n) is 7.35. The van der Waals surface area contributed by atoms with Crippen LogP contribution in [0.1, 0.15) is 22.8 Å². The summed E-state index contributed by atoms with van der Waals surface area (Å²) >= 11 is 0. The number of anilines is 1. The number of amides is 1. The maximum atomic E-state index is 11.8. The van der Waals surface area contributed by atoms with Gasteiger partial charge < -0.3 is 14.8 Å². The molecule has 1 N–H and O–H groups in total. The summed E-state index contributed by atoms with van der Waals surface area (Å²) < 4.78 is 10.3. The van der Waals surface area contributed by atoms with Crippen LogP contribution in [0.15, 0.2) is 48.5 Å². The number of aryl methyl sites for hydroxylation is 1. The van der Waals surface area contributed by atoms with Crippen LogP contribution >= 0.6 is 0 Å². The minimum absolute atomic E-state index is 0.104. The molecular formula is C18H19NO4. The lowest BCUT2D eigenvalue weighted by Gasteiger charge is -2.08. The predicted molar refractivity (Wildman–Crippen MR) is 87.7 cm³/mol. The first-order valence-corrected chi connectivity index (χ1v) is 7.35. The van der Waals surface area contributed by atoms with Crippen molar-refractivity contribution < 1.29 is 19.1 Å². The smallest absolute Gasteiger partial charge is 0.338 e. The van der Waals surface area contributed by atoms with Gasteiger partial charge in [-0.25, -0.2) is 4.79 Å². The van der Waals surface area contributed by atoms with Gasteiger partial charge in [0.25, 0.3) is 5.91 Å². The second-order valence-electron chi connectivity index (χ2n) is 4.95. The fraction of sp³-hybridized carbons (Fsp3) is 0.222. The SMILES string of the molecule is CCOC(=O)c1ccc(OCC(=O)Nc2cccc(C)c2)cc1. The van der Waals surface area contributed by atoms with Gasteiger partial charge in [-0.15, -0.1) is 0 Å². The van der Waals surface area contributed by atoms with Gasteiger partial charge in [-0.3, -0.25) is 4.79 Å². The van der Waals surface area contributed by atoms with Crippen molar-refractivity contribution in [2.45, 2.75) is 13.8 Å². The Hall–Kier alpha value is -2.82. The quantitative estimate of drug-likeness (QED) is 0.832. The third-order valence-electron chi connectivity index (χ3n) is 3.04. The summed E-state index contributed by atoms with van der Waals surface area (Å²) in [7, 11) is 0. The van der Waals surface area contributed by atoms with Crippen LogP contribution in [0, 0.1) is 6.92 Å². The first-order chi connectivity index (χ1) is 11.1. The minimum Gasteiger partial charge on any atom is -0.484 e. The molecule has 1 amide bonds. The van der Waals surface area contributed by atoms with Crippen molar-refractivity contribution in [1.82, 2.24) is 0 Å². The second kappa shape index (κ2) is 7.98. The van der Waals surface area contributed by atoms with Crippen LogP contribution in [-0.4, -0.2) is 25.1 Å². The number of nitrogens with one attached hydrogen (secondary N) is 1. The van der Waals surface area contributed by atoms with Gasteiger partial charge in [0.1, 0.15) is 5.75 Å². The summed E-state index contributed by atoms with van der Waals surface area (Å²) in [5.74, 6) is -0.112. The number of benzene rings is 2. The molecule has 0 fully saturated rings. The third kappa shape index (κ3) is 5.14. The zero-order chi connectivity index (χ0) is 16.7. The molecule has 2 aromatic rings. The minimum atomic E-state index is -0.378. The highest BCUT2D eigenvalue weighted by molar-refractivity contribution is 5.92. The molecule has 0 bridgehead atoms. The van der Waals surface area contributed by atoms with E-state index in [1.54, 1.807) is 31.2 Å². The van der Waals surface area contributed by atoms with Crippen molar-refractivity contribution in [3.05, 3.63) is 59.7 Å². The molecule has 0 saturated carbocycles. The van der Waals surface area contributed by atoms with Crippen molar-refractivity contribution in [3.63, 3.8) is 0 Å². The van der Waals surface area contributed by atoms with Crippen molar-refractivity contribution in [3.8, 4) is 5.75 Å². The van der Waals surface area contributed by atoms with Crippen LogP contribution in [-0.2, 0) is 9.53 Å². The van der Waals surface area contributed by atoms with Crippen LogP contribution in [0.5, 0.6) is 5.75 Å². The number of hydrogen-bond acceptors (Lipinski definition) is 4. The van der Waals surface area contributed by atoms with Gasteiger partial charge in [-0.1, -0.05) is 12.1 Å². The fourth-order valence-electron chi connectivity index (χ4n) is 1.97. The molecular weight excluding hydrogens is 294 g/mol. The molecule has 0 aliphatic heterocycles. The Morgan fingerprint density at radius 1 is 1.09 bits per heavy atom. The van der Waals surface area contributed by atoms with Gasteiger partial charge in [-0.05, 0) is 55.8 Å². The highest BCUT2D eigenvalue weighted by atomic mass is 16.5. The molecule has 0 saturated heterocycles. The number of esters is 1. The molecule has 2 aromatic carbocycles. The van der Waals surface area contributed by atoms with Gasteiger partial charge >= 0.3 is 5.97 Å². The van der Waals surface area contributed by atoms with E-state index < -0.39 is 0 Å². The molecule has 0 atom stereocenters. The average Bonchev–Trinajstić information content (AvgIpc) is 2.54. The van der Waals surface area contributed by atoms with Crippen LogP contribution in [0.3, 0.4) is 0 Å². The van der Waals surface area contributed by atoms with Crippen LogP contribution in [0.2, 0.25) is 0 Å². The molecule has 0 radical (unpaired) electrons. The summed E-state index contributed by atoms with van der Waals surface area (Å²) in [6.45, 7) is 3.93. The summed E-state index contributed by atoms with van der Waals surface area (Å²) in [4.78, 5) is 23.4. The number of carbonyl (C=O) groups is 2. The highest BCUT2D eigenvalue weighted by Crippen LogP contribution is 2.14. The lowest BCUT2D eigenvalue weighted by atomic mass is 10.2. The molecule has 0 aromatic heterocycles. The molecule has 5 heteroatoms. The van der Waals surface area contributed by atoms with E-state index in [-0.39, 0.29) is 18.5 Å². The summed E-state index contributed by atoms with van der Waals surface area (Å²) in [6.07, 6.45) is 0. The normalized spacial score (nSPS) is 10.0. The largest absolute Gasteiger partial charge is 0.484 e. The van der Waals surface area contributed by atoms with Gasteiger partial charge in [-0.2, -0.15) is 0 Å². The molecule has 0 aliphatic carbocycles. The van der Waals surface area contributed by atoms with Crippen molar-refractivity contribution in [2.75, 3.05) is 18.5 Å². The molecule has 0 spiro atoms. The molecule has 0 aliphatic rings. The summed E-state index contributed by atoms with van der Waals surface area (Å²) in [5.41, 5.74) is 2.25. The predicted octanol–water partition coefficient (Wildman–Crippen LogP) is 3.19. The van der Waals surface area contributed by atoms with Gasteiger partial charge in [0, 0.05) is 5.69 Å². The highest BCUT2D eigenvalue weighted by Gasteiger charge is 2.07. The van der Waals surface area contributed by atoms with Crippen LogP contribution in [0.4, 0.5) is 5.69 Å². The Balaban J connectivity index is 1.85. The van der Waals surface area contributed by atoms with E-state index in [0.717, 1.165) is 11.3 Å². The first kappa shape index (κ1) is 16.5. The molecule has 23 heavy (non-hydrogen) atoms. The molecule has 0 unspecified atom stereocenters.